The molecule has 0 N–H and O–H groups in total. The minimum Gasteiger partial charge on any atom is -0.490 e. The summed E-state index contributed by atoms with van der Waals surface area (Å²) in [5.74, 6) is 0.507. The minimum absolute atomic E-state index is 0.0544. The van der Waals surface area contributed by atoms with Crippen molar-refractivity contribution < 1.29 is 18.7 Å². The summed E-state index contributed by atoms with van der Waals surface area (Å²) in [5.41, 5.74) is -1.04. The summed E-state index contributed by atoms with van der Waals surface area (Å²) in [7, 11) is 1.48. The van der Waals surface area contributed by atoms with Gasteiger partial charge in [0.05, 0.1) is 20.2 Å². The van der Waals surface area contributed by atoms with E-state index in [1.165, 1.54) is 18.2 Å². The van der Waals surface area contributed by atoms with E-state index in [0.29, 0.717) is 35.8 Å². The zero-order valence-electron chi connectivity index (χ0n) is 16.5. The molecule has 10 heteroatoms. The van der Waals surface area contributed by atoms with Gasteiger partial charge in [-0.15, -0.1) is 0 Å². The maximum Gasteiger partial charge on any atom is 0.318 e. The van der Waals surface area contributed by atoms with Crippen LogP contribution in [0.2, 0.25) is 0 Å². The molecule has 4 rings (SSSR count). The highest BCUT2D eigenvalue weighted by Crippen LogP contribution is 2.33. The summed E-state index contributed by atoms with van der Waals surface area (Å²) in [6.45, 7) is 1.30. The molecular weight excluding hydrogens is 391 g/mol. The Labute approximate surface area is 173 Å². The van der Waals surface area contributed by atoms with Crippen molar-refractivity contribution in [3.63, 3.8) is 0 Å². The van der Waals surface area contributed by atoms with E-state index in [1.54, 1.807) is 18.5 Å². The van der Waals surface area contributed by atoms with Crippen molar-refractivity contribution in [3.05, 3.63) is 35.8 Å². The highest BCUT2D eigenvalue weighted by atomic mass is 19.1. The second-order valence-corrected chi connectivity index (χ2v) is 7.22. The number of nitrogens with zero attached hydrogens (tertiary/aromatic N) is 6. The molecule has 1 saturated heterocycles. The minimum atomic E-state index is -1.96. The molecule has 0 aliphatic carbocycles. The van der Waals surface area contributed by atoms with Crippen LogP contribution < -0.4 is 14.4 Å². The van der Waals surface area contributed by atoms with E-state index in [-0.39, 0.29) is 38.5 Å². The molecular formula is C20H21FN6O3. The Hall–Kier alpha value is -3.48. The number of pyridine rings is 1. The van der Waals surface area contributed by atoms with Crippen molar-refractivity contribution in [2.45, 2.75) is 25.1 Å². The molecule has 0 atom stereocenters. The van der Waals surface area contributed by atoms with Crippen molar-refractivity contribution in [2.24, 2.45) is 0 Å². The van der Waals surface area contributed by atoms with Crippen LogP contribution in [0.3, 0.4) is 0 Å². The molecule has 1 fully saturated rings. The average molecular weight is 412 g/mol. The lowest BCUT2D eigenvalue weighted by Crippen LogP contribution is -2.52. The number of rotatable bonds is 3. The number of amides is 1. The van der Waals surface area contributed by atoms with E-state index in [9.17, 15) is 10.1 Å². The Morgan fingerprint density at radius 1 is 1.33 bits per heavy atom. The Kier molecular flexibility index (Phi) is 5.35. The second kappa shape index (κ2) is 8.10. The van der Waals surface area contributed by atoms with Crippen LogP contribution in [0.4, 0.5) is 10.2 Å². The number of carbonyl (C=O) groups excluding carboxylic acids is 1. The summed E-state index contributed by atoms with van der Waals surface area (Å²) >= 11 is 0. The van der Waals surface area contributed by atoms with Gasteiger partial charge in [0, 0.05) is 50.1 Å². The van der Waals surface area contributed by atoms with E-state index in [0.717, 1.165) is 0 Å². The fourth-order valence-electron chi connectivity index (χ4n) is 3.76. The number of ether oxygens (including phenoxy) is 2. The lowest BCUT2D eigenvalue weighted by atomic mass is 9.91. The van der Waals surface area contributed by atoms with E-state index < -0.39 is 11.6 Å². The van der Waals surface area contributed by atoms with Gasteiger partial charge in [-0.3, -0.25) is 9.78 Å². The summed E-state index contributed by atoms with van der Waals surface area (Å²) in [4.78, 5) is 28.7. The van der Waals surface area contributed by atoms with Gasteiger partial charge in [-0.1, -0.05) is 0 Å². The number of halogens is 1. The quantitative estimate of drug-likeness (QED) is 0.747. The number of piperidine rings is 1. The van der Waals surface area contributed by atoms with Crippen molar-refractivity contribution in [1.82, 2.24) is 19.9 Å². The molecule has 0 saturated carbocycles. The fraction of sp³-hybridized carbons (Fsp3) is 0.450. The van der Waals surface area contributed by atoms with Crippen molar-refractivity contribution in [3.8, 4) is 17.8 Å². The third kappa shape index (κ3) is 3.70. The first-order valence-corrected chi connectivity index (χ1v) is 9.64. The molecule has 2 aliphatic rings. The predicted octanol–water partition coefficient (Wildman–Crippen LogP) is 1.48. The van der Waals surface area contributed by atoms with Gasteiger partial charge < -0.3 is 19.3 Å². The number of aromatic nitrogens is 3. The van der Waals surface area contributed by atoms with Gasteiger partial charge in [0.15, 0.2) is 5.67 Å². The third-order valence-corrected chi connectivity index (χ3v) is 5.41. The molecule has 4 heterocycles. The van der Waals surface area contributed by atoms with E-state index >= 15 is 4.39 Å². The molecule has 0 radical (unpaired) electrons. The lowest BCUT2D eigenvalue weighted by Gasteiger charge is -2.38. The van der Waals surface area contributed by atoms with Crippen LogP contribution >= 0.6 is 0 Å². The van der Waals surface area contributed by atoms with Crippen LogP contribution in [0, 0.1) is 11.3 Å². The summed E-state index contributed by atoms with van der Waals surface area (Å²) in [5, 5.41) is 9.23. The molecule has 9 nitrogen and oxygen atoms in total. The van der Waals surface area contributed by atoms with Crippen LogP contribution in [0.15, 0.2) is 24.7 Å². The maximum absolute atomic E-state index is 15.7. The third-order valence-electron chi connectivity index (χ3n) is 5.41. The topological polar surface area (TPSA) is 104 Å². The number of hydrogen-bond acceptors (Lipinski definition) is 8. The van der Waals surface area contributed by atoms with Crippen LogP contribution in [-0.4, -0.2) is 64.8 Å². The molecule has 0 spiro atoms. The van der Waals surface area contributed by atoms with Gasteiger partial charge in [-0.05, 0) is 6.07 Å². The van der Waals surface area contributed by atoms with Crippen LogP contribution in [0.25, 0.3) is 0 Å². The molecule has 0 bridgehead atoms. The molecule has 0 unspecified atom stereocenters. The highest BCUT2D eigenvalue weighted by molar-refractivity contribution is 5.85. The molecule has 156 valence electrons. The van der Waals surface area contributed by atoms with Gasteiger partial charge >= 0.3 is 6.01 Å². The number of alkyl halides is 1. The average Bonchev–Trinajstić information content (AvgIpc) is 3.01. The number of hydrogen-bond donors (Lipinski definition) is 0. The Balaban J connectivity index is 1.46. The first kappa shape index (κ1) is 19.8. The molecule has 0 aromatic carbocycles. The normalized spacial score (nSPS) is 17.9. The highest BCUT2D eigenvalue weighted by Gasteiger charge is 2.45. The molecule has 2 aromatic heterocycles. The maximum atomic E-state index is 15.7. The van der Waals surface area contributed by atoms with Gasteiger partial charge in [-0.2, -0.15) is 10.2 Å². The fourth-order valence-corrected chi connectivity index (χ4v) is 3.76. The number of fused-ring (bicyclic) bond motifs is 1. The SMILES string of the molecule is COc1nccc(N2CCC(F)(C(=O)N3CCOc4c(C#N)cncc4C3)CC2)n1. The van der Waals surface area contributed by atoms with Gasteiger partial charge in [-0.25, -0.2) is 9.37 Å². The Morgan fingerprint density at radius 2 is 2.13 bits per heavy atom. The van der Waals surface area contributed by atoms with Crippen LogP contribution in [-0.2, 0) is 11.3 Å². The summed E-state index contributed by atoms with van der Waals surface area (Å²) < 4.78 is 26.4. The van der Waals surface area contributed by atoms with Gasteiger partial charge in [0.2, 0.25) is 0 Å². The largest absolute Gasteiger partial charge is 0.490 e. The number of carbonyl (C=O) groups is 1. The van der Waals surface area contributed by atoms with Crippen LogP contribution in [0.1, 0.15) is 24.0 Å². The lowest BCUT2D eigenvalue weighted by molar-refractivity contribution is -0.146. The van der Waals surface area contributed by atoms with E-state index in [4.69, 9.17) is 9.47 Å². The number of methoxy groups -OCH3 is 1. The molecule has 2 aliphatic heterocycles. The molecule has 30 heavy (non-hydrogen) atoms. The monoisotopic (exact) mass is 412 g/mol. The van der Waals surface area contributed by atoms with Crippen molar-refractivity contribution >= 4 is 11.7 Å². The van der Waals surface area contributed by atoms with E-state index in [1.807, 2.05) is 11.0 Å². The van der Waals surface area contributed by atoms with E-state index in [2.05, 4.69) is 15.0 Å². The zero-order chi connectivity index (χ0) is 21.1. The summed E-state index contributed by atoms with van der Waals surface area (Å²) in [6.07, 6.45) is 4.67. The molecule has 1 amide bonds. The predicted molar refractivity (Wildman–Crippen MR) is 104 cm³/mol. The van der Waals surface area contributed by atoms with Crippen LogP contribution in [0.5, 0.6) is 11.8 Å². The first-order chi connectivity index (χ1) is 14.5. The standard InChI is InChI=1S/C20H21FN6O3/c1-29-19-24-5-2-16(25-19)26-6-3-20(21,4-7-26)18(28)27-8-9-30-17-14(10-22)11-23-12-15(17)13-27/h2,5,11-12H,3-4,6-9,13H2,1H3. The molecule has 2 aromatic rings. The van der Waals surface area contributed by atoms with Crippen molar-refractivity contribution in [2.75, 3.05) is 38.3 Å². The second-order valence-electron chi connectivity index (χ2n) is 7.22. The zero-order valence-corrected chi connectivity index (χ0v) is 16.5. The Morgan fingerprint density at radius 3 is 2.87 bits per heavy atom. The Bertz CT molecular complexity index is 987. The van der Waals surface area contributed by atoms with Gasteiger partial charge in [0.25, 0.3) is 5.91 Å². The number of anilines is 1. The van der Waals surface area contributed by atoms with Gasteiger partial charge in [0.1, 0.15) is 29.8 Å². The first-order valence-electron chi connectivity index (χ1n) is 9.64. The van der Waals surface area contributed by atoms with Crippen molar-refractivity contribution in [1.29, 1.82) is 5.26 Å². The number of nitriles is 1. The summed E-state index contributed by atoms with van der Waals surface area (Å²) in [6, 6.07) is 4.02. The smallest absolute Gasteiger partial charge is 0.318 e.